The summed E-state index contributed by atoms with van der Waals surface area (Å²) in [7, 11) is 1.42. The Morgan fingerprint density at radius 1 is 1.34 bits per heavy atom. The Bertz CT molecular complexity index is 1140. The van der Waals surface area contributed by atoms with Crippen molar-refractivity contribution in [3.05, 3.63) is 65.0 Å². The molecule has 2 aromatic carbocycles. The number of nitrogens with one attached hydrogen (secondary N) is 1. The molecule has 1 atom stereocenters. The van der Waals surface area contributed by atoms with Crippen molar-refractivity contribution in [3.63, 3.8) is 0 Å². The molecule has 9 heteroatoms. The van der Waals surface area contributed by atoms with Crippen molar-refractivity contribution in [2.75, 3.05) is 26.1 Å². The zero-order valence-corrected chi connectivity index (χ0v) is 17.5. The fourth-order valence-electron chi connectivity index (χ4n) is 3.70. The standard InChI is InChI=1S/C23H23FN4O4/c1-31-20-7-6-16(24)10-18(20)23(30)26-11-14-2-4-15(5-3-14)21-19(12-29)22(25)28(27-21)17-8-9-32-13-17/h2-7,10,12,17H,8-9,11,13,25H2,1H3,(H,26,30). The number of halogens is 1. The first-order valence-corrected chi connectivity index (χ1v) is 10.1. The molecule has 0 saturated carbocycles. The number of amides is 1. The van der Waals surface area contributed by atoms with E-state index in [-0.39, 0.29) is 18.2 Å². The van der Waals surface area contributed by atoms with Gasteiger partial charge in [0.1, 0.15) is 23.1 Å². The van der Waals surface area contributed by atoms with Gasteiger partial charge in [-0.1, -0.05) is 24.3 Å². The summed E-state index contributed by atoms with van der Waals surface area (Å²) in [6.45, 7) is 1.38. The lowest BCUT2D eigenvalue weighted by molar-refractivity contribution is 0.0947. The molecule has 8 nitrogen and oxygen atoms in total. The Morgan fingerprint density at radius 3 is 2.78 bits per heavy atom. The van der Waals surface area contributed by atoms with Gasteiger partial charge in [-0.05, 0) is 30.2 Å². The number of carbonyl (C=O) groups is 2. The number of nitrogens with zero attached hydrogens (tertiary/aromatic N) is 2. The minimum atomic E-state index is -0.519. The molecule has 0 radical (unpaired) electrons. The SMILES string of the molecule is COc1ccc(F)cc1C(=O)NCc1ccc(-c2nn(C3CCOC3)c(N)c2C=O)cc1. The van der Waals surface area contributed by atoms with Crippen LogP contribution in [-0.2, 0) is 11.3 Å². The van der Waals surface area contributed by atoms with E-state index in [9.17, 15) is 14.0 Å². The second-order valence-corrected chi connectivity index (χ2v) is 7.45. The molecule has 0 aliphatic carbocycles. The van der Waals surface area contributed by atoms with Crippen LogP contribution in [0, 0.1) is 5.82 Å². The van der Waals surface area contributed by atoms with Crippen LogP contribution in [0.2, 0.25) is 0 Å². The molecule has 1 saturated heterocycles. The maximum Gasteiger partial charge on any atom is 0.255 e. The first kappa shape index (κ1) is 21.5. The summed E-state index contributed by atoms with van der Waals surface area (Å²) in [6, 6.07) is 11.1. The van der Waals surface area contributed by atoms with Crippen LogP contribution >= 0.6 is 0 Å². The minimum Gasteiger partial charge on any atom is -0.496 e. The van der Waals surface area contributed by atoms with Crippen LogP contribution in [0.1, 0.15) is 38.7 Å². The molecular formula is C23H23FN4O4. The summed E-state index contributed by atoms with van der Waals surface area (Å²) in [5.41, 5.74) is 8.69. The smallest absolute Gasteiger partial charge is 0.255 e. The first-order valence-electron chi connectivity index (χ1n) is 10.1. The average Bonchev–Trinajstić information content (AvgIpc) is 3.45. The average molecular weight is 438 g/mol. The van der Waals surface area contributed by atoms with Crippen molar-refractivity contribution in [3.8, 4) is 17.0 Å². The van der Waals surface area contributed by atoms with Crippen molar-refractivity contribution in [2.45, 2.75) is 19.0 Å². The number of ether oxygens (including phenoxy) is 2. The first-order chi connectivity index (χ1) is 15.5. The highest BCUT2D eigenvalue weighted by Crippen LogP contribution is 2.30. The van der Waals surface area contributed by atoms with E-state index in [4.69, 9.17) is 15.2 Å². The second kappa shape index (κ2) is 9.19. The summed E-state index contributed by atoms with van der Waals surface area (Å²) in [6.07, 6.45) is 1.50. The molecule has 3 aromatic rings. The van der Waals surface area contributed by atoms with E-state index in [1.807, 2.05) is 24.3 Å². The third kappa shape index (κ3) is 4.19. The fourth-order valence-corrected chi connectivity index (χ4v) is 3.70. The van der Waals surface area contributed by atoms with Gasteiger partial charge in [0.25, 0.3) is 5.91 Å². The molecule has 1 aliphatic heterocycles. The predicted octanol–water partition coefficient (Wildman–Crippen LogP) is 2.98. The van der Waals surface area contributed by atoms with Gasteiger partial charge in [0, 0.05) is 18.7 Å². The monoisotopic (exact) mass is 438 g/mol. The molecular weight excluding hydrogens is 415 g/mol. The molecule has 0 spiro atoms. The van der Waals surface area contributed by atoms with Crippen molar-refractivity contribution >= 4 is 18.0 Å². The number of aldehydes is 1. The van der Waals surface area contributed by atoms with Crippen molar-refractivity contribution in [1.29, 1.82) is 0 Å². The highest BCUT2D eigenvalue weighted by atomic mass is 19.1. The number of benzene rings is 2. The van der Waals surface area contributed by atoms with Crippen molar-refractivity contribution < 1.29 is 23.5 Å². The fraction of sp³-hybridized carbons (Fsp3) is 0.261. The van der Waals surface area contributed by atoms with Gasteiger partial charge < -0.3 is 20.5 Å². The van der Waals surface area contributed by atoms with Crippen molar-refractivity contribution in [2.24, 2.45) is 0 Å². The van der Waals surface area contributed by atoms with E-state index in [0.717, 1.165) is 23.6 Å². The summed E-state index contributed by atoms with van der Waals surface area (Å²) >= 11 is 0. The molecule has 1 amide bonds. The van der Waals surface area contributed by atoms with Gasteiger partial charge in [0.2, 0.25) is 0 Å². The third-order valence-electron chi connectivity index (χ3n) is 5.44. The molecule has 1 fully saturated rings. The predicted molar refractivity (Wildman–Crippen MR) is 116 cm³/mol. The van der Waals surface area contributed by atoms with Gasteiger partial charge in [0.15, 0.2) is 6.29 Å². The number of methoxy groups -OCH3 is 1. The van der Waals surface area contributed by atoms with Crippen LogP contribution < -0.4 is 15.8 Å². The molecule has 4 rings (SSSR count). The van der Waals surface area contributed by atoms with Gasteiger partial charge in [-0.25, -0.2) is 9.07 Å². The molecule has 3 N–H and O–H groups in total. The largest absolute Gasteiger partial charge is 0.496 e. The van der Waals surface area contributed by atoms with Gasteiger partial charge in [-0.2, -0.15) is 5.10 Å². The van der Waals surface area contributed by atoms with E-state index in [1.54, 1.807) is 4.68 Å². The highest BCUT2D eigenvalue weighted by molar-refractivity contribution is 5.97. The molecule has 2 heterocycles. The zero-order valence-electron chi connectivity index (χ0n) is 17.5. The minimum absolute atomic E-state index is 0.0109. The number of nitrogens with two attached hydrogens (primary N) is 1. The van der Waals surface area contributed by atoms with Gasteiger partial charge >= 0.3 is 0 Å². The Morgan fingerprint density at radius 2 is 2.12 bits per heavy atom. The lowest BCUT2D eigenvalue weighted by Gasteiger charge is -2.10. The molecule has 0 bridgehead atoms. The van der Waals surface area contributed by atoms with Crippen molar-refractivity contribution in [1.82, 2.24) is 15.1 Å². The van der Waals surface area contributed by atoms with Gasteiger partial charge in [0.05, 0.1) is 30.9 Å². The molecule has 32 heavy (non-hydrogen) atoms. The number of carbonyl (C=O) groups excluding carboxylic acids is 2. The number of hydrogen-bond donors (Lipinski definition) is 2. The van der Waals surface area contributed by atoms with Gasteiger partial charge in [-0.15, -0.1) is 0 Å². The lowest BCUT2D eigenvalue weighted by Crippen LogP contribution is -2.23. The Kier molecular flexibility index (Phi) is 6.18. The van der Waals surface area contributed by atoms with Crippen LogP contribution in [0.4, 0.5) is 10.2 Å². The Hall–Kier alpha value is -3.72. The number of nitrogen functional groups attached to an aromatic ring is 1. The Balaban J connectivity index is 1.49. The molecule has 1 aliphatic rings. The maximum atomic E-state index is 13.5. The number of rotatable bonds is 7. The van der Waals surface area contributed by atoms with E-state index < -0.39 is 11.7 Å². The van der Waals surface area contributed by atoms with Crippen LogP contribution in [0.5, 0.6) is 5.75 Å². The maximum absolute atomic E-state index is 13.5. The third-order valence-corrected chi connectivity index (χ3v) is 5.44. The number of hydrogen-bond acceptors (Lipinski definition) is 6. The molecule has 1 aromatic heterocycles. The van der Waals surface area contributed by atoms with Gasteiger partial charge in [-0.3, -0.25) is 9.59 Å². The topological polar surface area (TPSA) is 108 Å². The zero-order chi connectivity index (χ0) is 22.7. The van der Waals surface area contributed by atoms with E-state index in [2.05, 4.69) is 10.4 Å². The Labute approximate surface area is 184 Å². The second-order valence-electron chi connectivity index (χ2n) is 7.45. The number of aromatic nitrogens is 2. The summed E-state index contributed by atoms with van der Waals surface area (Å²) in [5.74, 6) is -0.347. The normalized spacial score (nSPS) is 15.5. The van der Waals surface area contributed by atoms with E-state index >= 15 is 0 Å². The van der Waals surface area contributed by atoms with E-state index in [0.29, 0.717) is 42.3 Å². The quantitative estimate of drug-likeness (QED) is 0.549. The number of anilines is 1. The summed E-state index contributed by atoms with van der Waals surface area (Å²) in [4.78, 5) is 24.1. The highest BCUT2D eigenvalue weighted by Gasteiger charge is 2.25. The van der Waals surface area contributed by atoms with Crippen LogP contribution in [0.3, 0.4) is 0 Å². The molecule has 1 unspecified atom stereocenters. The molecule has 166 valence electrons. The van der Waals surface area contributed by atoms with Crippen LogP contribution in [0.25, 0.3) is 11.3 Å². The summed E-state index contributed by atoms with van der Waals surface area (Å²) < 4.78 is 25.7. The van der Waals surface area contributed by atoms with Crippen LogP contribution in [0.15, 0.2) is 42.5 Å². The van der Waals surface area contributed by atoms with Crippen LogP contribution in [-0.4, -0.2) is 42.3 Å². The van der Waals surface area contributed by atoms with E-state index in [1.165, 1.54) is 19.2 Å². The lowest BCUT2D eigenvalue weighted by atomic mass is 10.1. The summed E-state index contributed by atoms with van der Waals surface area (Å²) in [5, 5.41) is 7.32.